The molecule has 1 saturated heterocycles. The SMILES string of the molecule is CC1(CNC(=O)c2ccc(F)cc2)CCCO1. The van der Waals surface area contributed by atoms with Crippen molar-refractivity contribution in [3.8, 4) is 0 Å². The topological polar surface area (TPSA) is 38.3 Å². The first-order chi connectivity index (χ1) is 8.09. The van der Waals surface area contributed by atoms with Gasteiger partial charge in [0.2, 0.25) is 0 Å². The van der Waals surface area contributed by atoms with Crippen molar-refractivity contribution >= 4 is 5.91 Å². The summed E-state index contributed by atoms with van der Waals surface area (Å²) in [7, 11) is 0. The molecule has 1 N–H and O–H groups in total. The van der Waals surface area contributed by atoms with Crippen molar-refractivity contribution in [2.75, 3.05) is 13.2 Å². The maximum atomic E-state index is 12.7. The van der Waals surface area contributed by atoms with E-state index in [2.05, 4.69) is 5.32 Å². The fourth-order valence-electron chi connectivity index (χ4n) is 1.95. The van der Waals surface area contributed by atoms with Gasteiger partial charge in [0.25, 0.3) is 5.91 Å². The Kier molecular flexibility index (Phi) is 3.43. The third-order valence-electron chi connectivity index (χ3n) is 3.03. The molecule has 0 aliphatic carbocycles. The molecule has 1 aliphatic heterocycles. The highest BCUT2D eigenvalue weighted by atomic mass is 19.1. The number of carbonyl (C=O) groups excluding carboxylic acids is 1. The zero-order valence-electron chi connectivity index (χ0n) is 9.83. The van der Waals surface area contributed by atoms with Gasteiger partial charge in [-0.15, -0.1) is 0 Å². The Morgan fingerprint density at radius 2 is 2.18 bits per heavy atom. The van der Waals surface area contributed by atoms with Gasteiger partial charge in [-0.1, -0.05) is 0 Å². The van der Waals surface area contributed by atoms with E-state index < -0.39 is 0 Å². The van der Waals surface area contributed by atoms with Gasteiger partial charge in [-0.3, -0.25) is 4.79 Å². The van der Waals surface area contributed by atoms with E-state index in [-0.39, 0.29) is 17.3 Å². The molecule has 1 aromatic carbocycles. The van der Waals surface area contributed by atoms with Crippen molar-refractivity contribution < 1.29 is 13.9 Å². The van der Waals surface area contributed by atoms with E-state index in [1.165, 1.54) is 24.3 Å². The lowest BCUT2D eigenvalue weighted by Gasteiger charge is -2.23. The van der Waals surface area contributed by atoms with E-state index in [9.17, 15) is 9.18 Å². The minimum atomic E-state index is -0.340. The molecule has 0 spiro atoms. The second kappa shape index (κ2) is 4.84. The molecule has 1 atom stereocenters. The number of ether oxygens (including phenoxy) is 1. The highest BCUT2D eigenvalue weighted by Crippen LogP contribution is 2.23. The fraction of sp³-hybridized carbons (Fsp3) is 0.462. The maximum Gasteiger partial charge on any atom is 0.251 e. The number of hydrogen-bond donors (Lipinski definition) is 1. The molecule has 3 nitrogen and oxygen atoms in total. The van der Waals surface area contributed by atoms with Crippen molar-refractivity contribution in [2.24, 2.45) is 0 Å². The lowest BCUT2D eigenvalue weighted by Crippen LogP contribution is -2.40. The van der Waals surface area contributed by atoms with Gasteiger partial charge >= 0.3 is 0 Å². The molecule has 0 saturated carbocycles. The monoisotopic (exact) mass is 237 g/mol. The zero-order chi connectivity index (χ0) is 12.3. The molecule has 1 heterocycles. The molecule has 0 aromatic heterocycles. The van der Waals surface area contributed by atoms with Gasteiger partial charge in [0.15, 0.2) is 0 Å². The Morgan fingerprint density at radius 1 is 1.47 bits per heavy atom. The summed E-state index contributed by atoms with van der Waals surface area (Å²) in [4.78, 5) is 11.8. The predicted octanol–water partition coefficient (Wildman–Crippen LogP) is 2.12. The summed E-state index contributed by atoms with van der Waals surface area (Å²) in [6.07, 6.45) is 1.99. The third-order valence-corrected chi connectivity index (χ3v) is 3.03. The van der Waals surface area contributed by atoms with Crippen LogP contribution in [0.4, 0.5) is 4.39 Å². The lowest BCUT2D eigenvalue weighted by atomic mass is 10.0. The van der Waals surface area contributed by atoms with Crippen LogP contribution in [0.1, 0.15) is 30.1 Å². The van der Waals surface area contributed by atoms with Crippen LogP contribution in [0.5, 0.6) is 0 Å². The van der Waals surface area contributed by atoms with Gasteiger partial charge in [0, 0.05) is 18.7 Å². The van der Waals surface area contributed by atoms with E-state index in [4.69, 9.17) is 4.74 Å². The number of rotatable bonds is 3. The fourth-order valence-corrected chi connectivity index (χ4v) is 1.95. The average Bonchev–Trinajstić information content (AvgIpc) is 2.75. The summed E-state index contributed by atoms with van der Waals surface area (Å²) in [6.45, 7) is 3.23. The molecule has 17 heavy (non-hydrogen) atoms. The predicted molar refractivity (Wildman–Crippen MR) is 62.3 cm³/mol. The summed E-state index contributed by atoms with van der Waals surface area (Å²) < 4.78 is 18.3. The Balaban J connectivity index is 1.91. The standard InChI is InChI=1S/C13H16FNO2/c1-13(7-2-8-17-13)9-15-12(16)10-3-5-11(14)6-4-10/h3-6H,2,7-9H2,1H3,(H,15,16). The molecule has 1 aliphatic rings. The summed E-state index contributed by atoms with van der Waals surface area (Å²) in [6, 6.07) is 5.51. The van der Waals surface area contributed by atoms with Gasteiger partial charge in [0.05, 0.1) is 5.60 Å². The van der Waals surface area contributed by atoms with Crippen LogP contribution in [0.3, 0.4) is 0 Å². The van der Waals surface area contributed by atoms with Gasteiger partial charge in [-0.25, -0.2) is 4.39 Å². The van der Waals surface area contributed by atoms with Gasteiger partial charge < -0.3 is 10.1 Å². The van der Waals surface area contributed by atoms with Crippen molar-refractivity contribution in [1.29, 1.82) is 0 Å². The van der Waals surface area contributed by atoms with Gasteiger partial charge in [-0.05, 0) is 44.0 Å². The largest absolute Gasteiger partial charge is 0.373 e. The Labute approximate surface area is 100.0 Å². The summed E-state index contributed by atoms with van der Waals surface area (Å²) in [5, 5.41) is 2.81. The van der Waals surface area contributed by atoms with Crippen LogP contribution in [-0.4, -0.2) is 24.7 Å². The second-order valence-electron chi connectivity index (χ2n) is 4.59. The highest BCUT2D eigenvalue weighted by Gasteiger charge is 2.30. The van der Waals surface area contributed by atoms with Crippen molar-refractivity contribution in [2.45, 2.75) is 25.4 Å². The molecular formula is C13H16FNO2. The van der Waals surface area contributed by atoms with E-state index in [0.29, 0.717) is 12.1 Å². The second-order valence-corrected chi connectivity index (χ2v) is 4.59. The summed E-state index contributed by atoms with van der Waals surface area (Å²) >= 11 is 0. The summed E-state index contributed by atoms with van der Waals surface area (Å²) in [5.41, 5.74) is 0.211. The Bertz CT molecular complexity index is 396. The van der Waals surface area contributed by atoms with Crippen molar-refractivity contribution in [3.63, 3.8) is 0 Å². The third kappa shape index (κ3) is 3.03. The molecule has 0 bridgehead atoms. The smallest absolute Gasteiger partial charge is 0.251 e. The molecule has 4 heteroatoms. The first kappa shape index (κ1) is 12.0. The van der Waals surface area contributed by atoms with Gasteiger partial charge in [0.1, 0.15) is 5.82 Å². The van der Waals surface area contributed by atoms with E-state index in [1.54, 1.807) is 0 Å². The number of nitrogens with one attached hydrogen (secondary N) is 1. The van der Waals surface area contributed by atoms with Crippen LogP contribution in [0, 0.1) is 5.82 Å². The van der Waals surface area contributed by atoms with Crippen LogP contribution in [-0.2, 0) is 4.74 Å². The minimum absolute atomic E-state index is 0.193. The maximum absolute atomic E-state index is 12.7. The van der Waals surface area contributed by atoms with Crippen molar-refractivity contribution in [3.05, 3.63) is 35.6 Å². The van der Waals surface area contributed by atoms with E-state index in [0.717, 1.165) is 19.4 Å². The van der Waals surface area contributed by atoms with Crippen LogP contribution >= 0.6 is 0 Å². The van der Waals surface area contributed by atoms with Gasteiger partial charge in [-0.2, -0.15) is 0 Å². The first-order valence-electron chi connectivity index (χ1n) is 5.77. The van der Waals surface area contributed by atoms with Crippen LogP contribution in [0.2, 0.25) is 0 Å². The van der Waals surface area contributed by atoms with E-state index >= 15 is 0 Å². The van der Waals surface area contributed by atoms with Crippen molar-refractivity contribution in [1.82, 2.24) is 5.32 Å². The quantitative estimate of drug-likeness (QED) is 0.874. The number of carbonyl (C=O) groups is 1. The number of halogens is 1. The molecule has 92 valence electrons. The molecule has 1 fully saturated rings. The summed E-state index contributed by atoms with van der Waals surface area (Å²) in [5.74, 6) is -0.533. The molecule has 1 amide bonds. The molecule has 2 rings (SSSR count). The Morgan fingerprint density at radius 3 is 2.76 bits per heavy atom. The molecule has 1 aromatic rings. The normalized spacial score (nSPS) is 23.6. The number of amides is 1. The van der Waals surface area contributed by atoms with Crippen LogP contribution < -0.4 is 5.32 Å². The number of hydrogen-bond acceptors (Lipinski definition) is 2. The van der Waals surface area contributed by atoms with Crippen LogP contribution in [0.25, 0.3) is 0 Å². The lowest BCUT2D eigenvalue weighted by molar-refractivity contribution is 0.0206. The first-order valence-corrected chi connectivity index (χ1v) is 5.77. The minimum Gasteiger partial charge on any atom is -0.373 e. The molecule has 1 unspecified atom stereocenters. The average molecular weight is 237 g/mol. The highest BCUT2D eigenvalue weighted by molar-refractivity contribution is 5.94. The van der Waals surface area contributed by atoms with E-state index in [1.807, 2.05) is 6.92 Å². The number of benzene rings is 1. The Hall–Kier alpha value is -1.42. The molecular weight excluding hydrogens is 221 g/mol. The van der Waals surface area contributed by atoms with Crippen LogP contribution in [0.15, 0.2) is 24.3 Å². The molecule has 0 radical (unpaired) electrons. The zero-order valence-corrected chi connectivity index (χ0v) is 9.83.